The standard InChI is InChI=1S/C45H80NO8P/c1-5-7-9-11-13-15-17-19-21-22-24-26-28-30-32-34-36-38-45(48)54-43(42-53-55(49,50)52-40-39-46(3)4)41-51-44(47)37-35-33-31-29-27-25-23-20-18-16-14-12-10-8-6-2/h7,9,13,15,19-21,23-24,26,43H,5-6,8,10-12,14,16-18,22,25,27-42H2,1-4H3,(H,49,50)/b9-7-,15-13-,21-19-,23-20-,26-24-. The van der Waals surface area contributed by atoms with Crippen molar-refractivity contribution in [2.75, 3.05) is 40.5 Å². The molecule has 0 saturated heterocycles. The summed E-state index contributed by atoms with van der Waals surface area (Å²) >= 11 is 0. The molecule has 0 fully saturated rings. The number of unbranched alkanes of at least 4 members (excludes halogenated alkanes) is 15. The van der Waals surface area contributed by atoms with E-state index in [1.54, 1.807) is 0 Å². The molecule has 9 nitrogen and oxygen atoms in total. The number of hydrogen-bond donors (Lipinski definition) is 1. The predicted octanol–water partition coefficient (Wildman–Crippen LogP) is 12.3. The van der Waals surface area contributed by atoms with Crippen LogP contribution in [0.1, 0.15) is 168 Å². The van der Waals surface area contributed by atoms with Crippen molar-refractivity contribution in [3.05, 3.63) is 60.8 Å². The Balaban J connectivity index is 4.37. The molecule has 10 heteroatoms. The number of carbonyl (C=O) groups excluding carboxylic acids is 2. The largest absolute Gasteiger partial charge is 0.472 e. The van der Waals surface area contributed by atoms with Gasteiger partial charge in [0.05, 0.1) is 13.2 Å². The Hall–Kier alpha value is -2.29. The van der Waals surface area contributed by atoms with Crippen LogP contribution in [0.25, 0.3) is 0 Å². The summed E-state index contributed by atoms with van der Waals surface area (Å²) in [4.78, 5) is 37.0. The molecule has 55 heavy (non-hydrogen) atoms. The minimum Gasteiger partial charge on any atom is -0.462 e. The molecule has 1 N–H and O–H groups in total. The Morgan fingerprint density at radius 1 is 0.582 bits per heavy atom. The third kappa shape index (κ3) is 41.2. The van der Waals surface area contributed by atoms with Gasteiger partial charge in [-0.1, -0.05) is 139 Å². The van der Waals surface area contributed by atoms with Crippen LogP contribution in [0.5, 0.6) is 0 Å². The zero-order chi connectivity index (χ0) is 40.5. The topological polar surface area (TPSA) is 112 Å². The van der Waals surface area contributed by atoms with Crippen molar-refractivity contribution in [2.24, 2.45) is 0 Å². The van der Waals surface area contributed by atoms with Gasteiger partial charge in [-0.3, -0.25) is 18.6 Å². The van der Waals surface area contributed by atoms with Gasteiger partial charge in [-0.2, -0.15) is 0 Å². The first-order valence-electron chi connectivity index (χ1n) is 21.6. The van der Waals surface area contributed by atoms with Gasteiger partial charge >= 0.3 is 19.8 Å². The van der Waals surface area contributed by atoms with Crippen molar-refractivity contribution >= 4 is 19.8 Å². The molecule has 2 unspecified atom stereocenters. The van der Waals surface area contributed by atoms with Crippen LogP contribution in [0.15, 0.2) is 60.8 Å². The lowest BCUT2D eigenvalue weighted by Gasteiger charge is -2.20. The average Bonchev–Trinajstić information content (AvgIpc) is 3.15. The van der Waals surface area contributed by atoms with E-state index < -0.39 is 26.5 Å². The van der Waals surface area contributed by atoms with Gasteiger partial charge in [0.25, 0.3) is 0 Å². The molecule has 0 aliphatic carbocycles. The highest BCUT2D eigenvalue weighted by Crippen LogP contribution is 2.43. The number of phosphoric acid groups is 1. The fraction of sp³-hybridized carbons (Fsp3) is 0.733. The fourth-order valence-electron chi connectivity index (χ4n) is 5.50. The maximum absolute atomic E-state index is 12.6. The lowest BCUT2D eigenvalue weighted by Crippen LogP contribution is -2.29. The normalized spacial score (nSPS) is 14.0. The first kappa shape index (κ1) is 52.7. The molecule has 318 valence electrons. The summed E-state index contributed by atoms with van der Waals surface area (Å²) in [5.74, 6) is -0.844. The monoisotopic (exact) mass is 794 g/mol. The summed E-state index contributed by atoms with van der Waals surface area (Å²) in [6.07, 6.45) is 45.5. The van der Waals surface area contributed by atoms with Crippen LogP contribution in [-0.2, 0) is 32.7 Å². The lowest BCUT2D eigenvalue weighted by molar-refractivity contribution is -0.161. The van der Waals surface area contributed by atoms with Crippen molar-refractivity contribution in [3.63, 3.8) is 0 Å². The van der Waals surface area contributed by atoms with Crippen molar-refractivity contribution in [2.45, 2.75) is 174 Å². The van der Waals surface area contributed by atoms with E-state index in [0.29, 0.717) is 13.0 Å². The number of hydrogen-bond acceptors (Lipinski definition) is 8. The van der Waals surface area contributed by atoms with Crippen molar-refractivity contribution in [3.8, 4) is 0 Å². The third-order valence-electron chi connectivity index (χ3n) is 8.81. The quantitative estimate of drug-likeness (QED) is 0.0281. The fourth-order valence-corrected chi connectivity index (χ4v) is 6.24. The summed E-state index contributed by atoms with van der Waals surface area (Å²) < 4.78 is 33.4. The average molecular weight is 794 g/mol. The second-order valence-electron chi connectivity index (χ2n) is 14.5. The van der Waals surface area contributed by atoms with Gasteiger partial charge in [-0.15, -0.1) is 0 Å². The van der Waals surface area contributed by atoms with Gasteiger partial charge in [0.15, 0.2) is 6.10 Å². The van der Waals surface area contributed by atoms with E-state index >= 15 is 0 Å². The number of ether oxygens (including phenoxy) is 2. The zero-order valence-corrected chi connectivity index (χ0v) is 36.2. The number of phosphoric ester groups is 1. The summed E-state index contributed by atoms with van der Waals surface area (Å²) in [5, 5.41) is 0. The molecule has 0 bridgehead atoms. The maximum atomic E-state index is 12.6. The Morgan fingerprint density at radius 2 is 1.04 bits per heavy atom. The van der Waals surface area contributed by atoms with E-state index in [1.165, 1.54) is 44.9 Å². The number of likely N-dealkylation sites (N-methyl/N-ethyl adjacent to an activating group) is 1. The highest BCUT2D eigenvalue weighted by molar-refractivity contribution is 7.47. The molecule has 0 spiro atoms. The van der Waals surface area contributed by atoms with Gasteiger partial charge in [-0.05, 0) is 91.1 Å². The number of rotatable bonds is 39. The number of allylic oxidation sites excluding steroid dienone is 10. The molecule has 0 radical (unpaired) electrons. The molecule has 0 aliphatic rings. The molecule has 0 heterocycles. The molecule has 0 amide bonds. The Kier molecular flexibility index (Phi) is 38.3. The summed E-state index contributed by atoms with van der Waals surface area (Å²) in [5.41, 5.74) is 0. The molecule has 0 rings (SSSR count). The Morgan fingerprint density at radius 3 is 1.56 bits per heavy atom. The molecular weight excluding hydrogens is 713 g/mol. The molecule has 0 saturated carbocycles. The van der Waals surface area contributed by atoms with Crippen LogP contribution in [-0.4, -0.2) is 68.3 Å². The number of nitrogens with zero attached hydrogens (tertiary/aromatic N) is 1. The van der Waals surface area contributed by atoms with Crippen molar-refractivity contribution in [1.29, 1.82) is 0 Å². The van der Waals surface area contributed by atoms with E-state index in [2.05, 4.69) is 74.6 Å². The second-order valence-corrected chi connectivity index (χ2v) is 15.9. The van der Waals surface area contributed by atoms with Crippen molar-refractivity contribution in [1.82, 2.24) is 4.90 Å². The molecular formula is C45H80NO8P. The van der Waals surface area contributed by atoms with Gasteiger partial charge in [0, 0.05) is 19.4 Å². The summed E-state index contributed by atoms with van der Waals surface area (Å²) in [6.45, 7) is 4.15. The van der Waals surface area contributed by atoms with Crippen LogP contribution in [0.3, 0.4) is 0 Å². The summed E-state index contributed by atoms with van der Waals surface area (Å²) in [6, 6.07) is 0. The van der Waals surface area contributed by atoms with E-state index in [4.69, 9.17) is 18.5 Å². The SMILES string of the molecule is CC/C=C\C/C=C\C/C=C\C/C=C\CCCCCCC(=O)OC(COC(=O)CCCCCCC/C=C\CCCCCCCC)COP(=O)(O)OCCN(C)C. The molecule has 0 aliphatic heterocycles. The highest BCUT2D eigenvalue weighted by atomic mass is 31.2. The van der Waals surface area contributed by atoms with Crippen LogP contribution in [0, 0.1) is 0 Å². The second kappa shape index (κ2) is 39.9. The van der Waals surface area contributed by atoms with E-state index in [1.807, 2.05) is 19.0 Å². The maximum Gasteiger partial charge on any atom is 0.472 e. The Bertz CT molecular complexity index is 1100. The first-order chi connectivity index (χ1) is 26.7. The van der Waals surface area contributed by atoms with E-state index in [9.17, 15) is 19.0 Å². The molecule has 0 aromatic carbocycles. The van der Waals surface area contributed by atoms with Crippen LogP contribution in [0.2, 0.25) is 0 Å². The highest BCUT2D eigenvalue weighted by Gasteiger charge is 2.26. The minimum atomic E-state index is -4.37. The molecule has 0 aromatic heterocycles. The van der Waals surface area contributed by atoms with Gasteiger partial charge in [-0.25, -0.2) is 4.57 Å². The smallest absolute Gasteiger partial charge is 0.462 e. The number of carbonyl (C=O) groups is 2. The summed E-state index contributed by atoms with van der Waals surface area (Å²) in [7, 11) is -0.735. The minimum absolute atomic E-state index is 0.00153. The Labute approximate surface area is 336 Å². The van der Waals surface area contributed by atoms with Gasteiger partial charge in [0.2, 0.25) is 0 Å². The lowest BCUT2D eigenvalue weighted by atomic mass is 10.1. The predicted molar refractivity (Wildman–Crippen MR) is 229 cm³/mol. The first-order valence-corrected chi connectivity index (χ1v) is 23.1. The van der Waals surface area contributed by atoms with Crippen molar-refractivity contribution < 1.29 is 37.6 Å². The molecule has 2 atom stereocenters. The number of esters is 2. The van der Waals surface area contributed by atoms with E-state index in [-0.39, 0.29) is 32.0 Å². The molecule has 0 aromatic rings. The van der Waals surface area contributed by atoms with Crippen LogP contribution in [0.4, 0.5) is 0 Å². The van der Waals surface area contributed by atoms with Gasteiger partial charge < -0.3 is 19.3 Å². The van der Waals surface area contributed by atoms with Crippen LogP contribution >= 0.6 is 7.82 Å². The third-order valence-corrected chi connectivity index (χ3v) is 9.79. The zero-order valence-electron chi connectivity index (χ0n) is 35.3. The van der Waals surface area contributed by atoms with E-state index in [0.717, 1.165) is 89.9 Å². The van der Waals surface area contributed by atoms with Crippen LogP contribution < -0.4 is 0 Å². The van der Waals surface area contributed by atoms with Gasteiger partial charge in [0.1, 0.15) is 6.61 Å².